The summed E-state index contributed by atoms with van der Waals surface area (Å²) in [5.74, 6) is 0. The summed E-state index contributed by atoms with van der Waals surface area (Å²) in [6.45, 7) is 0. The lowest BCUT2D eigenvalue weighted by Crippen LogP contribution is -1.71. The number of hydrogen-bond acceptors (Lipinski definition) is 1. The molecular weight excluding hydrogens is 412 g/mol. The average Bonchev–Trinajstić information content (AvgIpc) is 2.09. The summed E-state index contributed by atoms with van der Waals surface area (Å²) in [5, 5.41) is 0.871. The van der Waals surface area contributed by atoms with Crippen molar-refractivity contribution in [1.82, 2.24) is 0 Å². The Kier molecular flexibility index (Phi) is 3.91. The van der Waals surface area contributed by atoms with E-state index in [1.54, 1.807) is 11.3 Å². The Hall–Kier alpha value is 1.62. The van der Waals surface area contributed by atoms with E-state index in [4.69, 9.17) is 0 Å². The molecule has 1 heterocycles. The Morgan fingerprint density at radius 2 is 1.70 bits per heavy atom. The van der Waals surface area contributed by atoms with Crippen LogP contribution in [0.5, 0.6) is 0 Å². The first-order valence-corrected chi connectivity index (χ1v) is 6.66. The minimum absolute atomic E-state index is 0.871. The van der Waals surface area contributed by atoms with E-state index in [1.807, 2.05) is 0 Å². The summed E-state index contributed by atoms with van der Waals surface area (Å²) in [7, 11) is 0. The largest absolute Gasteiger partial charge is 0.120 e. The number of alkyl halides is 1. The van der Waals surface area contributed by atoms with E-state index in [0.717, 1.165) is 13.6 Å². The van der Waals surface area contributed by atoms with Crippen molar-refractivity contribution in [2.45, 2.75) is 5.33 Å². The third-order valence-corrected chi connectivity index (χ3v) is 5.87. The van der Waals surface area contributed by atoms with Crippen LogP contribution in [0.4, 0.5) is 0 Å². The Labute approximate surface area is 96.9 Å². The summed E-state index contributed by atoms with van der Waals surface area (Å²) < 4.78 is 3.44. The molecule has 0 aliphatic carbocycles. The SMILES string of the molecule is BrCc1c(Br)sc(Br)c1Br. The van der Waals surface area contributed by atoms with E-state index in [1.165, 1.54) is 9.35 Å². The fourth-order valence-corrected chi connectivity index (χ4v) is 5.85. The Morgan fingerprint density at radius 1 is 1.10 bits per heavy atom. The lowest BCUT2D eigenvalue weighted by Gasteiger charge is -1.90. The summed E-state index contributed by atoms with van der Waals surface area (Å²) >= 11 is 15.4. The molecule has 0 N–H and O–H groups in total. The van der Waals surface area contributed by atoms with E-state index in [0.29, 0.717) is 0 Å². The Balaban J connectivity index is 3.20. The Morgan fingerprint density at radius 3 is 1.90 bits per heavy atom. The normalized spacial score (nSPS) is 10.4. The summed E-state index contributed by atoms with van der Waals surface area (Å²) in [6, 6.07) is 0. The van der Waals surface area contributed by atoms with Crippen molar-refractivity contribution in [3.8, 4) is 0 Å². The van der Waals surface area contributed by atoms with Crippen LogP contribution in [0, 0.1) is 0 Å². The van der Waals surface area contributed by atoms with Gasteiger partial charge in [0.25, 0.3) is 0 Å². The maximum absolute atomic E-state index is 3.46. The third-order valence-electron chi connectivity index (χ3n) is 0.988. The number of rotatable bonds is 1. The first-order chi connectivity index (χ1) is 4.66. The zero-order valence-corrected chi connectivity index (χ0v) is 11.8. The van der Waals surface area contributed by atoms with Crippen molar-refractivity contribution in [1.29, 1.82) is 0 Å². The predicted molar refractivity (Wildman–Crippen MR) is 60.1 cm³/mol. The van der Waals surface area contributed by atoms with E-state index in [-0.39, 0.29) is 0 Å². The molecule has 1 aromatic rings. The van der Waals surface area contributed by atoms with Gasteiger partial charge in [-0.15, -0.1) is 11.3 Å². The lowest BCUT2D eigenvalue weighted by atomic mass is 10.4. The van der Waals surface area contributed by atoms with Gasteiger partial charge < -0.3 is 0 Å². The van der Waals surface area contributed by atoms with Crippen LogP contribution >= 0.6 is 75.1 Å². The molecule has 10 heavy (non-hydrogen) atoms. The predicted octanol–water partition coefficient (Wildman–Crippen LogP) is 4.93. The number of halogens is 4. The molecule has 0 aromatic carbocycles. The molecule has 1 aromatic heterocycles. The van der Waals surface area contributed by atoms with Gasteiger partial charge in [0.1, 0.15) is 0 Å². The van der Waals surface area contributed by atoms with Crippen LogP contribution in [0.2, 0.25) is 0 Å². The third kappa shape index (κ3) is 1.86. The topological polar surface area (TPSA) is 0 Å². The molecule has 0 aliphatic rings. The molecular formula is C5H2Br4S. The fourth-order valence-electron chi connectivity index (χ4n) is 0.501. The van der Waals surface area contributed by atoms with Crippen LogP contribution in [-0.2, 0) is 5.33 Å². The van der Waals surface area contributed by atoms with Crippen LogP contribution in [0.3, 0.4) is 0 Å². The fraction of sp³-hybridized carbons (Fsp3) is 0.200. The quantitative estimate of drug-likeness (QED) is 0.573. The molecule has 0 fully saturated rings. The summed E-state index contributed by atoms with van der Waals surface area (Å²) in [5.41, 5.74) is 1.26. The van der Waals surface area contributed by atoms with Gasteiger partial charge in [0, 0.05) is 15.4 Å². The smallest absolute Gasteiger partial charge is 0.0855 e. The van der Waals surface area contributed by atoms with E-state index >= 15 is 0 Å². The molecule has 0 saturated heterocycles. The van der Waals surface area contributed by atoms with Gasteiger partial charge in [-0.05, 0) is 47.8 Å². The zero-order chi connectivity index (χ0) is 7.72. The van der Waals surface area contributed by atoms with E-state index in [2.05, 4.69) is 63.7 Å². The van der Waals surface area contributed by atoms with Crippen molar-refractivity contribution in [3.63, 3.8) is 0 Å². The maximum atomic E-state index is 3.46. The van der Waals surface area contributed by atoms with Gasteiger partial charge in [0.15, 0.2) is 0 Å². The van der Waals surface area contributed by atoms with Crippen molar-refractivity contribution in [2.75, 3.05) is 0 Å². The van der Waals surface area contributed by atoms with Gasteiger partial charge in [-0.1, -0.05) is 15.9 Å². The molecule has 0 atom stereocenters. The van der Waals surface area contributed by atoms with Gasteiger partial charge in [0.2, 0.25) is 0 Å². The molecule has 0 aliphatic heterocycles. The molecule has 5 heteroatoms. The van der Waals surface area contributed by atoms with Gasteiger partial charge in [-0.25, -0.2) is 0 Å². The molecule has 1 rings (SSSR count). The van der Waals surface area contributed by atoms with Gasteiger partial charge in [-0.3, -0.25) is 0 Å². The second-order valence-corrected chi connectivity index (χ2v) is 6.59. The van der Waals surface area contributed by atoms with Crippen molar-refractivity contribution in [3.05, 3.63) is 17.6 Å². The van der Waals surface area contributed by atoms with Crippen molar-refractivity contribution in [2.24, 2.45) is 0 Å². The van der Waals surface area contributed by atoms with Crippen LogP contribution in [-0.4, -0.2) is 0 Å². The Bertz CT molecular complexity index is 242. The molecule has 0 bridgehead atoms. The maximum Gasteiger partial charge on any atom is 0.0855 e. The molecule has 0 spiro atoms. The van der Waals surface area contributed by atoms with Gasteiger partial charge in [-0.2, -0.15) is 0 Å². The minimum Gasteiger partial charge on any atom is -0.120 e. The summed E-state index contributed by atoms with van der Waals surface area (Å²) in [4.78, 5) is 0. The molecule has 0 nitrogen and oxygen atoms in total. The standard InChI is InChI=1S/C5H2Br4S/c6-1-2-3(7)5(9)10-4(2)8/h1H2. The first kappa shape index (κ1) is 9.71. The monoisotopic (exact) mass is 410 g/mol. The number of hydrogen-bond donors (Lipinski definition) is 0. The molecule has 0 saturated carbocycles. The highest BCUT2D eigenvalue weighted by molar-refractivity contribution is 9.14. The van der Waals surface area contributed by atoms with Crippen molar-refractivity contribution < 1.29 is 0 Å². The van der Waals surface area contributed by atoms with Gasteiger partial charge in [0.05, 0.1) is 7.57 Å². The highest BCUT2D eigenvalue weighted by atomic mass is 79.9. The first-order valence-electron chi connectivity index (χ1n) is 2.35. The molecule has 56 valence electrons. The number of thiophene rings is 1. The van der Waals surface area contributed by atoms with E-state index < -0.39 is 0 Å². The van der Waals surface area contributed by atoms with Crippen molar-refractivity contribution >= 4 is 75.1 Å². The van der Waals surface area contributed by atoms with Crippen LogP contribution in [0.25, 0.3) is 0 Å². The highest BCUT2D eigenvalue weighted by Crippen LogP contribution is 2.41. The minimum atomic E-state index is 0.871. The van der Waals surface area contributed by atoms with Crippen LogP contribution < -0.4 is 0 Å². The highest BCUT2D eigenvalue weighted by Gasteiger charge is 2.10. The second-order valence-electron chi connectivity index (χ2n) is 1.58. The summed E-state index contributed by atoms with van der Waals surface area (Å²) in [6.07, 6.45) is 0. The molecule has 0 radical (unpaired) electrons. The van der Waals surface area contributed by atoms with Crippen LogP contribution in [0.1, 0.15) is 5.56 Å². The second kappa shape index (κ2) is 4.03. The zero-order valence-electron chi connectivity index (χ0n) is 4.63. The van der Waals surface area contributed by atoms with Gasteiger partial charge >= 0.3 is 0 Å². The average molecular weight is 414 g/mol. The lowest BCUT2D eigenvalue weighted by molar-refractivity contribution is 1.44. The van der Waals surface area contributed by atoms with Crippen LogP contribution in [0.15, 0.2) is 12.0 Å². The molecule has 0 amide bonds. The molecule has 0 unspecified atom stereocenters. The van der Waals surface area contributed by atoms with E-state index in [9.17, 15) is 0 Å².